The Balaban J connectivity index is 1.28. The second-order valence-electron chi connectivity index (χ2n) is 6.97. The van der Waals surface area contributed by atoms with Crippen molar-refractivity contribution in [3.05, 3.63) is 59.1 Å². The third kappa shape index (κ3) is 4.92. The average molecular weight is 428 g/mol. The molecule has 1 N–H and O–H groups in total. The molecule has 0 atom stereocenters. The normalized spacial score (nSPS) is 14.3. The summed E-state index contributed by atoms with van der Waals surface area (Å²) in [6, 6.07) is 15.9. The van der Waals surface area contributed by atoms with E-state index in [0.717, 1.165) is 35.2 Å². The Morgan fingerprint density at radius 2 is 1.90 bits per heavy atom. The second kappa shape index (κ2) is 8.88. The third-order valence-electron chi connectivity index (χ3n) is 4.92. The minimum absolute atomic E-state index is 0.113. The summed E-state index contributed by atoms with van der Waals surface area (Å²) in [6.07, 6.45) is 0. The number of amides is 1. The molecule has 150 valence electrons. The first kappa shape index (κ1) is 19.8. The number of carbonyl (C=O) groups is 1. The van der Waals surface area contributed by atoms with E-state index >= 15 is 0 Å². The molecule has 6 nitrogen and oxygen atoms in total. The lowest BCUT2D eigenvalue weighted by Crippen LogP contribution is -2.49. The number of carbonyl (C=O) groups excluding carboxylic acids is 1. The van der Waals surface area contributed by atoms with Crippen LogP contribution in [0.5, 0.6) is 0 Å². The summed E-state index contributed by atoms with van der Waals surface area (Å²) >= 11 is 7.45. The van der Waals surface area contributed by atoms with Gasteiger partial charge in [-0.15, -0.1) is 5.10 Å². The number of benzene rings is 2. The monoisotopic (exact) mass is 427 g/mol. The molecule has 1 amide bonds. The molecule has 1 aliphatic heterocycles. The molecule has 0 radical (unpaired) electrons. The van der Waals surface area contributed by atoms with Crippen molar-refractivity contribution in [2.75, 3.05) is 36.8 Å². The van der Waals surface area contributed by atoms with E-state index in [1.807, 2.05) is 60.4 Å². The molecule has 1 aromatic heterocycles. The lowest BCUT2D eigenvalue weighted by molar-refractivity contribution is -0.128. The Kier molecular flexibility index (Phi) is 6.06. The van der Waals surface area contributed by atoms with E-state index in [1.165, 1.54) is 17.3 Å². The number of nitrogens with one attached hydrogen (secondary N) is 1. The molecule has 1 saturated heterocycles. The van der Waals surface area contributed by atoms with Crippen molar-refractivity contribution in [3.63, 3.8) is 0 Å². The number of anilines is 1. The average Bonchev–Trinajstić information content (AvgIpc) is 3.22. The second-order valence-corrected chi connectivity index (χ2v) is 8.35. The summed E-state index contributed by atoms with van der Waals surface area (Å²) in [4.78, 5) is 21.2. The fourth-order valence-electron chi connectivity index (χ4n) is 3.26. The molecule has 1 aliphatic rings. The van der Waals surface area contributed by atoms with Crippen molar-refractivity contribution in [2.24, 2.45) is 0 Å². The van der Waals surface area contributed by atoms with Gasteiger partial charge in [0.05, 0.1) is 5.75 Å². The highest BCUT2D eigenvalue weighted by molar-refractivity contribution is 7.99. The van der Waals surface area contributed by atoms with Gasteiger partial charge in [-0.3, -0.25) is 9.89 Å². The zero-order valence-electron chi connectivity index (χ0n) is 16.1. The van der Waals surface area contributed by atoms with Gasteiger partial charge in [0.2, 0.25) is 11.1 Å². The van der Waals surface area contributed by atoms with Crippen LogP contribution in [0.25, 0.3) is 11.4 Å². The van der Waals surface area contributed by atoms with Crippen LogP contribution < -0.4 is 4.90 Å². The first-order valence-corrected chi connectivity index (χ1v) is 10.9. The standard InChI is InChI=1S/C21H22ClN5OS/c1-15-5-7-16(8-6-15)20-23-21(25-24-20)29-14-19(28)27-11-9-26(10-12-27)18-4-2-3-17(22)13-18/h2-8,13H,9-12,14H2,1H3,(H,23,24,25). The van der Waals surface area contributed by atoms with Gasteiger partial charge in [-0.1, -0.05) is 59.3 Å². The third-order valence-corrected chi connectivity index (χ3v) is 5.99. The molecular formula is C21H22ClN5OS. The van der Waals surface area contributed by atoms with Crippen LogP contribution in [-0.2, 0) is 4.79 Å². The van der Waals surface area contributed by atoms with Crippen molar-refractivity contribution in [2.45, 2.75) is 12.1 Å². The minimum Gasteiger partial charge on any atom is -0.368 e. The van der Waals surface area contributed by atoms with Crippen LogP contribution in [0.3, 0.4) is 0 Å². The predicted molar refractivity (Wildman–Crippen MR) is 118 cm³/mol. The van der Waals surface area contributed by atoms with E-state index in [1.54, 1.807) is 0 Å². The maximum absolute atomic E-state index is 12.6. The summed E-state index contributed by atoms with van der Waals surface area (Å²) in [6.45, 7) is 5.05. The van der Waals surface area contributed by atoms with Crippen LogP contribution in [0.2, 0.25) is 5.02 Å². The van der Waals surface area contributed by atoms with Gasteiger partial charge in [0, 0.05) is 42.5 Å². The number of piperazine rings is 1. The quantitative estimate of drug-likeness (QED) is 0.626. The largest absolute Gasteiger partial charge is 0.368 e. The molecule has 0 saturated carbocycles. The lowest BCUT2D eigenvalue weighted by Gasteiger charge is -2.36. The van der Waals surface area contributed by atoms with Gasteiger partial charge in [-0.2, -0.15) is 0 Å². The smallest absolute Gasteiger partial charge is 0.233 e. The SMILES string of the molecule is Cc1ccc(-c2nc(SCC(=O)N3CCN(c4cccc(Cl)c4)CC3)n[nH]2)cc1. The number of thioether (sulfide) groups is 1. The zero-order chi connectivity index (χ0) is 20.2. The summed E-state index contributed by atoms with van der Waals surface area (Å²) in [5.74, 6) is 1.17. The number of H-pyrrole nitrogens is 1. The minimum atomic E-state index is 0.113. The topological polar surface area (TPSA) is 65.1 Å². The molecule has 0 spiro atoms. The van der Waals surface area contributed by atoms with Gasteiger partial charge in [-0.05, 0) is 25.1 Å². The van der Waals surface area contributed by atoms with Crippen LogP contribution in [0, 0.1) is 6.92 Å². The van der Waals surface area contributed by atoms with Crippen molar-refractivity contribution in [1.82, 2.24) is 20.1 Å². The van der Waals surface area contributed by atoms with E-state index < -0.39 is 0 Å². The van der Waals surface area contributed by atoms with Crippen LogP contribution in [0.1, 0.15) is 5.56 Å². The maximum Gasteiger partial charge on any atom is 0.233 e. The maximum atomic E-state index is 12.6. The first-order chi connectivity index (χ1) is 14.1. The van der Waals surface area contributed by atoms with Crippen LogP contribution in [0.4, 0.5) is 5.69 Å². The number of aryl methyl sites for hydroxylation is 1. The van der Waals surface area contributed by atoms with Crippen LogP contribution in [-0.4, -0.2) is 57.9 Å². The lowest BCUT2D eigenvalue weighted by atomic mass is 10.1. The van der Waals surface area contributed by atoms with Gasteiger partial charge in [-0.25, -0.2) is 4.98 Å². The van der Waals surface area contributed by atoms with E-state index in [2.05, 4.69) is 20.1 Å². The van der Waals surface area contributed by atoms with Gasteiger partial charge in [0.1, 0.15) is 0 Å². The summed E-state index contributed by atoms with van der Waals surface area (Å²) in [5, 5.41) is 8.50. The Morgan fingerprint density at radius 1 is 1.14 bits per heavy atom. The van der Waals surface area contributed by atoms with Gasteiger partial charge in [0.15, 0.2) is 5.82 Å². The van der Waals surface area contributed by atoms with Crippen molar-refractivity contribution < 1.29 is 4.79 Å². The number of hydrogen-bond donors (Lipinski definition) is 1. The molecule has 29 heavy (non-hydrogen) atoms. The Morgan fingerprint density at radius 3 is 2.62 bits per heavy atom. The number of nitrogens with zero attached hydrogens (tertiary/aromatic N) is 4. The van der Waals surface area contributed by atoms with Gasteiger partial charge < -0.3 is 9.80 Å². The Hall–Kier alpha value is -2.51. The summed E-state index contributed by atoms with van der Waals surface area (Å²) in [7, 11) is 0. The number of aromatic nitrogens is 3. The molecule has 0 unspecified atom stereocenters. The van der Waals surface area contributed by atoms with E-state index in [4.69, 9.17) is 11.6 Å². The number of rotatable bonds is 5. The zero-order valence-corrected chi connectivity index (χ0v) is 17.7. The molecule has 0 aliphatic carbocycles. The van der Waals surface area contributed by atoms with E-state index in [9.17, 15) is 4.79 Å². The number of aromatic amines is 1. The summed E-state index contributed by atoms with van der Waals surface area (Å²) in [5.41, 5.74) is 3.28. The molecular weight excluding hydrogens is 406 g/mol. The molecule has 8 heteroatoms. The van der Waals surface area contributed by atoms with Gasteiger partial charge in [0.25, 0.3) is 0 Å². The van der Waals surface area contributed by atoms with Crippen molar-refractivity contribution in [3.8, 4) is 11.4 Å². The highest BCUT2D eigenvalue weighted by atomic mass is 35.5. The molecule has 2 heterocycles. The highest BCUT2D eigenvalue weighted by Crippen LogP contribution is 2.22. The molecule has 2 aromatic carbocycles. The summed E-state index contributed by atoms with van der Waals surface area (Å²) < 4.78 is 0. The first-order valence-electron chi connectivity index (χ1n) is 9.49. The van der Waals surface area contributed by atoms with Crippen molar-refractivity contribution >= 4 is 35.0 Å². The molecule has 0 bridgehead atoms. The van der Waals surface area contributed by atoms with E-state index in [0.29, 0.717) is 24.0 Å². The number of hydrogen-bond acceptors (Lipinski definition) is 5. The highest BCUT2D eigenvalue weighted by Gasteiger charge is 2.22. The molecule has 3 aromatic rings. The molecule has 1 fully saturated rings. The predicted octanol–water partition coefficient (Wildman–Crippen LogP) is 3.87. The Labute approximate surface area is 179 Å². The van der Waals surface area contributed by atoms with Gasteiger partial charge >= 0.3 is 0 Å². The number of halogens is 1. The molecule has 4 rings (SSSR count). The fourth-order valence-corrected chi connectivity index (χ4v) is 4.14. The fraction of sp³-hybridized carbons (Fsp3) is 0.286. The van der Waals surface area contributed by atoms with E-state index in [-0.39, 0.29) is 5.91 Å². The van der Waals surface area contributed by atoms with Crippen LogP contribution >= 0.6 is 23.4 Å². The van der Waals surface area contributed by atoms with Crippen LogP contribution in [0.15, 0.2) is 53.7 Å². The van der Waals surface area contributed by atoms with Crippen molar-refractivity contribution in [1.29, 1.82) is 0 Å². The Bertz CT molecular complexity index is 983.